The number of aromatic amines is 1. The lowest BCUT2D eigenvalue weighted by atomic mass is 10.2. The molecule has 7 nitrogen and oxygen atoms in total. The molecule has 3 aromatic rings. The lowest BCUT2D eigenvalue weighted by molar-refractivity contribution is 0.317. The predicted octanol–water partition coefficient (Wildman–Crippen LogP) is 3.14. The number of H-pyrrole nitrogens is 1. The zero-order valence-corrected chi connectivity index (χ0v) is 16.5. The lowest BCUT2D eigenvalue weighted by Gasteiger charge is -2.12. The van der Waals surface area contributed by atoms with Crippen LogP contribution in [0.25, 0.3) is 10.9 Å². The van der Waals surface area contributed by atoms with Crippen LogP contribution in [0.5, 0.6) is 5.75 Å². The Morgan fingerprint density at radius 2 is 2.19 bits per heavy atom. The van der Waals surface area contributed by atoms with Gasteiger partial charge in [0.25, 0.3) is 5.56 Å². The van der Waals surface area contributed by atoms with Crippen molar-refractivity contribution in [3.05, 3.63) is 55.1 Å². The molecule has 1 aromatic carbocycles. The Balaban J connectivity index is 1.72. The third-order valence-electron chi connectivity index (χ3n) is 3.58. The summed E-state index contributed by atoms with van der Waals surface area (Å²) >= 11 is 15.4. The van der Waals surface area contributed by atoms with Gasteiger partial charge in [-0.05, 0) is 39.7 Å². The molecule has 2 heterocycles. The summed E-state index contributed by atoms with van der Waals surface area (Å²) in [4.78, 5) is 22.8. The molecule has 0 atom stereocenters. The first-order valence-corrected chi connectivity index (χ1v) is 9.12. The largest absolute Gasteiger partial charge is 0.490 e. The van der Waals surface area contributed by atoms with E-state index in [0.29, 0.717) is 33.9 Å². The minimum Gasteiger partial charge on any atom is -0.490 e. The minimum absolute atomic E-state index is 0.00148. The Kier molecular flexibility index (Phi) is 5.98. The van der Waals surface area contributed by atoms with E-state index in [9.17, 15) is 4.79 Å². The first-order valence-electron chi connectivity index (χ1n) is 7.57. The van der Waals surface area contributed by atoms with Crippen LogP contribution in [-0.2, 0) is 6.54 Å². The SMILES string of the molecule is Nc1ncccc1CNCCOc1c(Cl)c(Br)cc2nc(Cl)[nH]c(=O)c12. The summed E-state index contributed by atoms with van der Waals surface area (Å²) < 4.78 is 6.31. The standard InChI is InChI=1S/C16H14BrCl2N5O2/c17-9-6-10-11(15(25)24-16(19)23-10)13(12(9)18)26-5-4-21-7-8-2-1-3-22-14(8)20/h1-3,6,21H,4-5,7H2,(H2,20,22)(H,23,24,25). The Hall–Kier alpha value is -1.87. The molecular formula is C16H14BrCl2N5O2. The number of halogens is 3. The predicted molar refractivity (Wildman–Crippen MR) is 106 cm³/mol. The van der Waals surface area contributed by atoms with Crippen molar-refractivity contribution in [2.45, 2.75) is 6.54 Å². The van der Waals surface area contributed by atoms with E-state index < -0.39 is 5.56 Å². The summed E-state index contributed by atoms with van der Waals surface area (Å²) in [5.74, 6) is 0.737. The van der Waals surface area contributed by atoms with Crippen molar-refractivity contribution in [1.82, 2.24) is 20.3 Å². The van der Waals surface area contributed by atoms with E-state index in [0.717, 1.165) is 5.56 Å². The topological polar surface area (TPSA) is 106 Å². The maximum Gasteiger partial charge on any atom is 0.263 e. The molecule has 0 saturated carbocycles. The third-order valence-corrected chi connectivity index (χ3v) is 4.99. The van der Waals surface area contributed by atoms with Gasteiger partial charge in [-0.25, -0.2) is 9.97 Å². The number of ether oxygens (including phenoxy) is 1. The van der Waals surface area contributed by atoms with E-state index in [1.54, 1.807) is 12.3 Å². The summed E-state index contributed by atoms with van der Waals surface area (Å²) in [7, 11) is 0. The van der Waals surface area contributed by atoms with Crippen molar-refractivity contribution >= 4 is 55.9 Å². The number of hydrogen-bond acceptors (Lipinski definition) is 6. The van der Waals surface area contributed by atoms with E-state index in [4.69, 9.17) is 33.7 Å². The van der Waals surface area contributed by atoms with Crippen molar-refractivity contribution < 1.29 is 4.74 Å². The molecule has 3 rings (SSSR count). The normalized spacial score (nSPS) is 11.0. The summed E-state index contributed by atoms with van der Waals surface area (Å²) in [6.45, 7) is 1.35. The van der Waals surface area contributed by atoms with Crippen LogP contribution in [0.1, 0.15) is 5.56 Å². The number of nitrogen functional groups attached to an aromatic ring is 1. The number of hydrogen-bond donors (Lipinski definition) is 3. The van der Waals surface area contributed by atoms with Crippen LogP contribution in [0.2, 0.25) is 10.3 Å². The quantitative estimate of drug-likeness (QED) is 0.387. The van der Waals surface area contributed by atoms with Crippen LogP contribution in [0.4, 0.5) is 5.82 Å². The van der Waals surface area contributed by atoms with Gasteiger partial charge in [-0.1, -0.05) is 17.7 Å². The highest BCUT2D eigenvalue weighted by molar-refractivity contribution is 9.10. The number of aromatic nitrogens is 3. The molecule has 0 aliphatic rings. The number of nitrogens with zero attached hydrogens (tertiary/aromatic N) is 2. The molecule has 0 bridgehead atoms. The van der Waals surface area contributed by atoms with Crippen molar-refractivity contribution in [2.75, 3.05) is 18.9 Å². The molecule has 4 N–H and O–H groups in total. The van der Waals surface area contributed by atoms with Gasteiger partial charge in [0, 0.05) is 29.3 Å². The fourth-order valence-corrected chi connectivity index (χ4v) is 3.15. The van der Waals surface area contributed by atoms with Gasteiger partial charge in [0.05, 0.1) is 10.5 Å². The molecule has 0 spiro atoms. The first-order chi connectivity index (χ1) is 12.5. The van der Waals surface area contributed by atoms with Crippen LogP contribution in [0, 0.1) is 0 Å². The molecule has 10 heteroatoms. The highest BCUT2D eigenvalue weighted by Crippen LogP contribution is 2.37. The monoisotopic (exact) mass is 457 g/mol. The smallest absolute Gasteiger partial charge is 0.263 e. The number of fused-ring (bicyclic) bond motifs is 1. The number of benzene rings is 1. The second kappa shape index (κ2) is 8.22. The van der Waals surface area contributed by atoms with E-state index in [1.807, 2.05) is 12.1 Å². The highest BCUT2D eigenvalue weighted by atomic mass is 79.9. The van der Waals surface area contributed by atoms with Gasteiger partial charge in [0.2, 0.25) is 5.28 Å². The van der Waals surface area contributed by atoms with Gasteiger partial charge in [0.15, 0.2) is 5.75 Å². The molecule has 0 aliphatic heterocycles. The minimum atomic E-state index is -0.416. The van der Waals surface area contributed by atoms with Crippen LogP contribution in [-0.4, -0.2) is 28.1 Å². The van der Waals surface area contributed by atoms with Crippen LogP contribution >= 0.6 is 39.1 Å². The molecule has 136 valence electrons. The second-order valence-electron chi connectivity index (χ2n) is 5.33. The van der Waals surface area contributed by atoms with Gasteiger partial charge in [-0.15, -0.1) is 0 Å². The number of nitrogens with one attached hydrogen (secondary N) is 2. The summed E-state index contributed by atoms with van der Waals surface area (Å²) in [5, 5.41) is 3.74. The fourth-order valence-electron chi connectivity index (χ4n) is 2.37. The zero-order chi connectivity index (χ0) is 18.7. The maximum atomic E-state index is 12.2. The van der Waals surface area contributed by atoms with E-state index in [-0.39, 0.29) is 23.0 Å². The number of nitrogens with two attached hydrogens (primary N) is 1. The van der Waals surface area contributed by atoms with E-state index in [2.05, 4.69) is 36.2 Å². The number of rotatable bonds is 6. The molecule has 0 unspecified atom stereocenters. The van der Waals surface area contributed by atoms with Gasteiger partial charge >= 0.3 is 0 Å². The Labute approximate surface area is 167 Å². The number of pyridine rings is 1. The maximum absolute atomic E-state index is 12.2. The van der Waals surface area contributed by atoms with Crippen molar-refractivity contribution in [3.63, 3.8) is 0 Å². The van der Waals surface area contributed by atoms with Crippen molar-refractivity contribution in [1.29, 1.82) is 0 Å². The van der Waals surface area contributed by atoms with Crippen LogP contribution in [0.3, 0.4) is 0 Å². The Morgan fingerprint density at radius 1 is 1.38 bits per heavy atom. The third kappa shape index (κ3) is 4.09. The molecule has 0 saturated heterocycles. The highest BCUT2D eigenvalue weighted by Gasteiger charge is 2.16. The molecule has 2 aromatic heterocycles. The van der Waals surface area contributed by atoms with Gasteiger partial charge in [-0.2, -0.15) is 0 Å². The van der Waals surface area contributed by atoms with Crippen molar-refractivity contribution in [3.8, 4) is 5.75 Å². The Morgan fingerprint density at radius 3 is 2.96 bits per heavy atom. The first kappa shape index (κ1) is 18.9. The molecule has 0 amide bonds. The van der Waals surface area contributed by atoms with Crippen LogP contribution in [0.15, 0.2) is 33.7 Å². The fraction of sp³-hybridized carbons (Fsp3) is 0.188. The molecular weight excluding hydrogens is 445 g/mol. The molecule has 26 heavy (non-hydrogen) atoms. The second-order valence-corrected chi connectivity index (χ2v) is 6.92. The molecule has 0 aliphatic carbocycles. The van der Waals surface area contributed by atoms with E-state index >= 15 is 0 Å². The van der Waals surface area contributed by atoms with E-state index in [1.165, 1.54) is 0 Å². The summed E-state index contributed by atoms with van der Waals surface area (Å²) in [6.07, 6.45) is 1.64. The average Bonchev–Trinajstić information content (AvgIpc) is 2.59. The lowest BCUT2D eigenvalue weighted by Crippen LogP contribution is -2.22. The van der Waals surface area contributed by atoms with Gasteiger partial charge in [0.1, 0.15) is 17.8 Å². The summed E-state index contributed by atoms with van der Waals surface area (Å²) in [5.41, 5.74) is 6.66. The molecule has 0 radical (unpaired) electrons. The number of anilines is 1. The zero-order valence-electron chi connectivity index (χ0n) is 13.4. The van der Waals surface area contributed by atoms with Gasteiger partial charge < -0.3 is 15.8 Å². The van der Waals surface area contributed by atoms with Crippen molar-refractivity contribution in [2.24, 2.45) is 0 Å². The van der Waals surface area contributed by atoms with Crippen LogP contribution < -0.4 is 21.3 Å². The Bertz CT molecular complexity index is 1010. The molecule has 0 fully saturated rings. The average molecular weight is 459 g/mol. The van der Waals surface area contributed by atoms with Gasteiger partial charge in [-0.3, -0.25) is 9.78 Å². The summed E-state index contributed by atoms with van der Waals surface area (Å²) in [6, 6.07) is 5.33.